The smallest absolute Gasteiger partial charge is 0.456 e. The summed E-state index contributed by atoms with van der Waals surface area (Å²) in [5.74, 6) is 0. The molecule has 27 aromatic rings. The maximum atomic E-state index is 11.3. The van der Waals surface area contributed by atoms with Gasteiger partial charge in [-0.2, -0.15) is 0 Å². The number of rotatable bonds is 7. The van der Waals surface area contributed by atoms with Crippen LogP contribution in [0.15, 0.2) is 460 Å². The third kappa shape index (κ3) is 19.8. The Balaban J connectivity index is 0.0000000993. The zero-order valence-electron chi connectivity index (χ0n) is 72.8. The van der Waals surface area contributed by atoms with E-state index in [1.54, 1.807) is 42.5 Å². The van der Waals surface area contributed by atoms with E-state index in [-0.39, 0.29) is 16.3 Å². The molecule has 0 unspecified atom stereocenters. The first-order chi connectivity index (χ1) is 67.7. The molecule has 0 saturated carbocycles. The van der Waals surface area contributed by atoms with Crippen LogP contribution in [0.2, 0.25) is 0 Å². The Bertz CT molecular complexity index is 9000. The minimum atomic E-state index is -1.45. The molecule has 19 aromatic carbocycles. The van der Waals surface area contributed by atoms with Gasteiger partial charge in [0.25, 0.3) is 11.4 Å². The van der Waals surface area contributed by atoms with Gasteiger partial charge in [0.15, 0.2) is 0 Å². The molecule has 0 amide bonds. The van der Waals surface area contributed by atoms with Crippen LogP contribution in [-0.2, 0) is 0 Å². The van der Waals surface area contributed by atoms with Crippen molar-refractivity contribution in [3.63, 3.8) is 0 Å². The van der Waals surface area contributed by atoms with Crippen molar-refractivity contribution in [1.82, 2.24) is 15.0 Å². The molecule has 8 aromatic heterocycles. The van der Waals surface area contributed by atoms with Crippen molar-refractivity contribution >= 4 is 334 Å². The molecule has 25 heteroatoms. The maximum Gasteiger partial charge on any atom is 0.488 e. The summed E-state index contributed by atoms with van der Waals surface area (Å²) in [5.41, 5.74) is 17.5. The highest BCUT2D eigenvalue weighted by molar-refractivity contribution is 9.11. The van der Waals surface area contributed by atoms with E-state index in [1.165, 1.54) is 71.1 Å². The minimum Gasteiger partial charge on any atom is -0.456 e. The van der Waals surface area contributed by atoms with Crippen LogP contribution in [0, 0.1) is 20.2 Å². The molecule has 0 radical (unpaired) electrons. The van der Waals surface area contributed by atoms with Gasteiger partial charge < -0.3 is 47.1 Å². The SMILES string of the molecule is Brc1ccc2c(c1)[nH]c1c2ccc2oc3ccccc3c21.Brc1ccc2c(c1)[nH]c1c2ccc2oc3ccccc3c21.Brc1ccc2c(c1)[nH]c1cc3oc4ccccc4c3cc12.Brc1ccccc1.O=[N+]([O-])c1cc(Br)ccc1-c1ccc2oc3ccccc3c2c1.O=[N+]([O-])c1cc(Br)ccc1Br.OB(O)c1ccc2oc3ccccc3c2c1.c1ccc(P(c2ccccc2)c2ccccc2)cc1. The van der Waals surface area contributed by atoms with E-state index < -0.39 is 20.0 Å². The fourth-order valence-corrected chi connectivity index (χ4v) is 22.1. The lowest BCUT2D eigenvalue weighted by Crippen LogP contribution is -2.29. The summed E-state index contributed by atoms with van der Waals surface area (Å²) in [4.78, 5) is 31.4. The lowest BCUT2D eigenvalue weighted by atomic mass is 9.80. The maximum absolute atomic E-state index is 11.3. The number of aromatic amines is 3. The highest BCUT2D eigenvalue weighted by Gasteiger charge is 2.23. The Morgan fingerprint density at radius 3 is 1.02 bits per heavy atom. The molecule has 0 bridgehead atoms. The van der Waals surface area contributed by atoms with Gasteiger partial charge in [0.05, 0.1) is 47.2 Å². The summed E-state index contributed by atoms with van der Waals surface area (Å²) in [7, 11) is -1.89. The molecule has 27 rings (SSSR count). The van der Waals surface area contributed by atoms with E-state index in [0.717, 1.165) is 155 Å². The van der Waals surface area contributed by atoms with Crippen LogP contribution in [-0.4, -0.2) is 42.0 Å². The molecule has 0 spiro atoms. The van der Waals surface area contributed by atoms with Crippen LogP contribution in [0.25, 0.3) is 186 Å². The van der Waals surface area contributed by atoms with Crippen molar-refractivity contribution in [1.29, 1.82) is 0 Å². The number of benzene rings is 19. The monoisotopic (exact) mass is 2280 g/mol. The largest absolute Gasteiger partial charge is 0.488 e. The molecule has 0 atom stereocenters. The molecule has 16 nitrogen and oxygen atoms in total. The standard InChI is InChI=1S/C18H10BrNO3.3C18H10BrNO.C18H15P.C12H9BO3.C6H3Br2NO2.C6H5Br/c19-12-6-7-13(16(10-12)20(21)22)11-5-8-18-15(9-11)14-3-1-2-4-17(14)23-18;19-10-5-6-11-13-8-14-12-3-1-2-4-17(12)21-18(14)9-16(13)20-15(11)7-10;2*19-10-5-6-11-12-7-8-16-17(18(12)20-14(11)9-10)13-3-1-2-4-15(13)21-16;1-4-10-16(11-5-1)19(17-12-6-2-7-13-17)18-14-8-3-9-15-18;14-13(15)8-5-6-12-10(7-8)9-3-1-2-4-11(9)16-12;7-4-1-2-5(8)6(3-4)9(10)11;7-6-4-2-1-3-5-6/h1-10H;3*1-9,20H;1-15H;1-7,14-15H;1-3H;1-5H. The van der Waals surface area contributed by atoms with E-state index in [4.69, 9.17) is 32.1 Å². The number of para-hydroxylation sites is 5. The third-order valence-corrected chi connectivity index (χ3v) is 29.7. The number of nitro groups is 2. The third-order valence-electron chi connectivity index (χ3n) is 23.6. The van der Waals surface area contributed by atoms with Crippen LogP contribution in [0.5, 0.6) is 0 Å². The first kappa shape index (κ1) is 92.8. The molecule has 0 aliphatic heterocycles. The number of H-pyrrole nitrogens is 3. The lowest BCUT2D eigenvalue weighted by molar-refractivity contribution is -0.385. The van der Waals surface area contributed by atoms with Gasteiger partial charge >= 0.3 is 7.12 Å². The zero-order chi connectivity index (χ0) is 95.5. The van der Waals surface area contributed by atoms with Crippen LogP contribution < -0.4 is 21.4 Å². The minimum absolute atomic E-state index is 0.0689. The van der Waals surface area contributed by atoms with Gasteiger partial charge in [-0.25, -0.2) is 0 Å². The topological polar surface area (TPSA) is 240 Å². The van der Waals surface area contributed by atoms with Gasteiger partial charge in [0, 0.05) is 137 Å². The molecule has 0 fully saturated rings. The highest BCUT2D eigenvalue weighted by atomic mass is 79.9. The van der Waals surface area contributed by atoms with Crippen LogP contribution in [0.3, 0.4) is 0 Å². The van der Waals surface area contributed by atoms with Gasteiger partial charge in [-0.05, 0) is 202 Å². The second kappa shape index (κ2) is 41.1. The van der Waals surface area contributed by atoms with E-state index in [2.05, 4.69) is 339 Å². The van der Waals surface area contributed by atoms with Gasteiger partial charge in [-0.3, -0.25) is 20.2 Å². The molecule has 5 N–H and O–H groups in total. The number of aromatic nitrogens is 3. The summed E-state index contributed by atoms with van der Waals surface area (Å²) in [6.07, 6.45) is 0. The van der Waals surface area contributed by atoms with E-state index in [1.807, 2.05) is 140 Å². The number of nitro benzene ring substituents is 2. The average Bonchev–Trinajstić information content (AvgIpc) is 1.58. The Morgan fingerprint density at radius 1 is 0.252 bits per heavy atom. The molecule has 676 valence electrons. The summed E-state index contributed by atoms with van der Waals surface area (Å²) in [6, 6.07) is 135. The highest BCUT2D eigenvalue weighted by Crippen LogP contribution is 2.44. The van der Waals surface area contributed by atoms with E-state index in [0.29, 0.717) is 24.4 Å². The van der Waals surface area contributed by atoms with Crippen molar-refractivity contribution in [2.24, 2.45) is 0 Å². The van der Waals surface area contributed by atoms with Crippen molar-refractivity contribution in [3.8, 4) is 11.1 Å². The van der Waals surface area contributed by atoms with E-state index >= 15 is 0 Å². The second-order valence-electron chi connectivity index (χ2n) is 32.3. The number of furan rings is 5. The summed E-state index contributed by atoms with van der Waals surface area (Å²) < 4.78 is 35.5. The van der Waals surface area contributed by atoms with Crippen molar-refractivity contribution in [2.45, 2.75) is 0 Å². The number of hydrogen-bond donors (Lipinski definition) is 5. The molecule has 0 saturated heterocycles. The average molecular weight is 2290 g/mol. The number of hydrogen-bond acceptors (Lipinski definition) is 11. The Labute approximate surface area is 852 Å². The lowest BCUT2D eigenvalue weighted by Gasteiger charge is -2.18. The summed E-state index contributed by atoms with van der Waals surface area (Å²) in [5, 5.41) is 62.3. The molecular formula is C114H72BBr7N5O11P. The van der Waals surface area contributed by atoms with Crippen LogP contribution in [0.1, 0.15) is 0 Å². The van der Waals surface area contributed by atoms with Crippen molar-refractivity contribution in [3.05, 3.63) is 458 Å². The second-order valence-corrected chi connectivity index (χ2v) is 40.9. The fourth-order valence-electron chi connectivity index (χ4n) is 17.3. The van der Waals surface area contributed by atoms with Gasteiger partial charge in [0.1, 0.15) is 55.8 Å². The van der Waals surface area contributed by atoms with Crippen molar-refractivity contribution in [2.75, 3.05) is 0 Å². The summed E-state index contributed by atoms with van der Waals surface area (Å²) >= 11 is 23.4. The van der Waals surface area contributed by atoms with Crippen molar-refractivity contribution < 1.29 is 42.0 Å². The number of nitrogens with zero attached hydrogens (tertiary/aromatic N) is 2. The number of nitrogens with one attached hydrogen (secondary N) is 3. The summed E-state index contributed by atoms with van der Waals surface area (Å²) in [6.45, 7) is 0. The molecule has 0 aliphatic carbocycles. The van der Waals surface area contributed by atoms with Crippen LogP contribution >= 0.6 is 119 Å². The normalized spacial score (nSPS) is 11.2. The predicted molar refractivity (Wildman–Crippen MR) is 597 cm³/mol. The van der Waals surface area contributed by atoms with Gasteiger partial charge in [-0.1, -0.05) is 332 Å². The number of halogens is 7. The molecule has 139 heavy (non-hydrogen) atoms. The van der Waals surface area contributed by atoms with Gasteiger partial charge in [-0.15, -0.1) is 0 Å². The first-order valence-corrected chi connectivity index (χ1v) is 50.6. The fraction of sp³-hybridized carbons (Fsp3) is 0. The quantitative estimate of drug-likeness (QED) is 0.0435. The predicted octanol–water partition coefficient (Wildman–Crippen LogP) is 34.2. The Hall–Kier alpha value is -13.8. The Kier molecular flexibility index (Phi) is 27.4. The first-order valence-electron chi connectivity index (χ1n) is 43.7. The van der Waals surface area contributed by atoms with Gasteiger partial charge in [0.2, 0.25) is 0 Å². The van der Waals surface area contributed by atoms with E-state index in [9.17, 15) is 20.2 Å². The number of fused-ring (bicyclic) bond motifs is 26. The van der Waals surface area contributed by atoms with Crippen LogP contribution in [0.4, 0.5) is 11.4 Å². The molecular weight excluding hydrogens is 2220 g/mol. The molecule has 8 heterocycles. The Morgan fingerprint density at radius 2 is 0.583 bits per heavy atom. The zero-order valence-corrected chi connectivity index (χ0v) is 84.8. The molecule has 0 aliphatic rings.